The second-order valence-corrected chi connectivity index (χ2v) is 4.91. The Morgan fingerprint density at radius 2 is 1.75 bits per heavy atom. The van der Waals surface area contributed by atoms with E-state index in [1.807, 2.05) is 6.07 Å². The molecule has 100 valence electrons. The van der Waals surface area contributed by atoms with Crippen molar-refractivity contribution in [1.82, 2.24) is 5.32 Å². The molecule has 0 aliphatic rings. The predicted molar refractivity (Wildman–Crippen MR) is 78.7 cm³/mol. The van der Waals surface area contributed by atoms with Crippen LogP contribution in [0, 0.1) is 11.3 Å². The van der Waals surface area contributed by atoms with Gasteiger partial charge >= 0.3 is 0 Å². The van der Waals surface area contributed by atoms with E-state index in [4.69, 9.17) is 23.2 Å². The van der Waals surface area contributed by atoms with Crippen LogP contribution in [0.1, 0.15) is 22.0 Å². The average Bonchev–Trinajstić information content (AvgIpc) is 2.46. The molecular formula is C15H10Cl2N2O. The minimum atomic E-state index is -0.754. The Morgan fingerprint density at radius 1 is 1.10 bits per heavy atom. The smallest absolute Gasteiger partial charge is 0.254 e. The van der Waals surface area contributed by atoms with E-state index in [0.29, 0.717) is 21.2 Å². The molecule has 1 atom stereocenters. The number of benzene rings is 2. The summed E-state index contributed by atoms with van der Waals surface area (Å²) in [5, 5.41) is 12.7. The Kier molecular flexibility index (Phi) is 4.62. The number of hydrogen-bond donors (Lipinski definition) is 1. The van der Waals surface area contributed by atoms with Crippen molar-refractivity contribution < 1.29 is 4.79 Å². The van der Waals surface area contributed by atoms with Crippen molar-refractivity contribution in [2.45, 2.75) is 6.04 Å². The lowest BCUT2D eigenvalue weighted by Gasteiger charge is -2.12. The third-order valence-electron chi connectivity index (χ3n) is 2.73. The van der Waals surface area contributed by atoms with Crippen molar-refractivity contribution in [3.63, 3.8) is 0 Å². The van der Waals surface area contributed by atoms with Gasteiger partial charge in [-0.1, -0.05) is 47.5 Å². The van der Waals surface area contributed by atoms with Gasteiger partial charge in [0, 0.05) is 5.02 Å². The van der Waals surface area contributed by atoms with E-state index in [1.165, 1.54) is 0 Å². The first-order chi connectivity index (χ1) is 9.61. The van der Waals surface area contributed by atoms with Gasteiger partial charge in [0.2, 0.25) is 0 Å². The molecule has 2 rings (SSSR count). The molecule has 0 unspecified atom stereocenters. The fourth-order valence-corrected chi connectivity index (χ4v) is 2.05. The molecule has 0 saturated heterocycles. The zero-order valence-corrected chi connectivity index (χ0v) is 11.8. The van der Waals surface area contributed by atoms with Crippen LogP contribution in [-0.4, -0.2) is 5.91 Å². The summed E-state index contributed by atoms with van der Waals surface area (Å²) < 4.78 is 0. The molecule has 2 aromatic carbocycles. The largest absolute Gasteiger partial charge is 0.332 e. The SMILES string of the molecule is N#C[C@H](NC(=O)c1ccccc1Cl)c1ccc(Cl)cc1. The molecule has 0 aliphatic heterocycles. The highest BCUT2D eigenvalue weighted by Crippen LogP contribution is 2.19. The number of carbonyl (C=O) groups is 1. The van der Waals surface area contributed by atoms with Crippen molar-refractivity contribution in [1.29, 1.82) is 5.26 Å². The van der Waals surface area contributed by atoms with Gasteiger partial charge in [0.1, 0.15) is 6.04 Å². The Hall–Kier alpha value is -2.02. The van der Waals surface area contributed by atoms with Crippen LogP contribution in [0.25, 0.3) is 0 Å². The van der Waals surface area contributed by atoms with Gasteiger partial charge in [0.15, 0.2) is 0 Å². The molecule has 1 N–H and O–H groups in total. The maximum Gasteiger partial charge on any atom is 0.254 e. The number of halogens is 2. The highest BCUT2D eigenvalue weighted by atomic mass is 35.5. The molecule has 0 aliphatic carbocycles. The summed E-state index contributed by atoms with van der Waals surface area (Å²) in [4.78, 5) is 12.1. The van der Waals surface area contributed by atoms with Crippen molar-refractivity contribution in [2.75, 3.05) is 0 Å². The van der Waals surface area contributed by atoms with Crippen LogP contribution in [0.5, 0.6) is 0 Å². The van der Waals surface area contributed by atoms with Crippen LogP contribution in [0.4, 0.5) is 0 Å². The quantitative estimate of drug-likeness (QED) is 0.932. The van der Waals surface area contributed by atoms with Crippen molar-refractivity contribution in [3.8, 4) is 6.07 Å². The number of nitrogens with zero attached hydrogens (tertiary/aromatic N) is 1. The highest BCUT2D eigenvalue weighted by molar-refractivity contribution is 6.33. The maximum atomic E-state index is 12.1. The van der Waals surface area contributed by atoms with Gasteiger partial charge in [-0.05, 0) is 29.8 Å². The Bertz CT molecular complexity index is 662. The molecule has 0 fully saturated rings. The Morgan fingerprint density at radius 3 is 2.35 bits per heavy atom. The Labute approximate surface area is 126 Å². The zero-order valence-electron chi connectivity index (χ0n) is 10.3. The first-order valence-electron chi connectivity index (χ1n) is 5.82. The van der Waals surface area contributed by atoms with E-state index in [9.17, 15) is 10.1 Å². The van der Waals surface area contributed by atoms with Crippen molar-refractivity contribution in [3.05, 3.63) is 69.7 Å². The minimum Gasteiger partial charge on any atom is -0.332 e. The van der Waals surface area contributed by atoms with Crippen LogP contribution in [0.15, 0.2) is 48.5 Å². The van der Waals surface area contributed by atoms with Gasteiger partial charge in [-0.25, -0.2) is 0 Å². The summed E-state index contributed by atoms with van der Waals surface area (Å²) in [7, 11) is 0. The Balaban J connectivity index is 2.19. The van der Waals surface area contributed by atoms with Gasteiger partial charge in [-0.3, -0.25) is 4.79 Å². The van der Waals surface area contributed by atoms with E-state index >= 15 is 0 Å². The number of amides is 1. The second-order valence-electron chi connectivity index (χ2n) is 4.07. The molecular weight excluding hydrogens is 295 g/mol. The van der Waals surface area contributed by atoms with E-state index in [0.717, 1.165) is 0 Å². The first kappa shape index (κ1) is 14.4. The molecule has 0 spiro atoms. The van der Waals surface area contributed by atoms with E-state index in [1.54, 1.807) is 48.5 Å². The topological polar surface area (TPSA) is 52.9 Å². The van der Waals surface area contributed by atoms with Crippen LogP contribution < -0.4 is 5.32 Å². The number of carbonyl (C=O) groups excluding carboxylic acids is 1. The summed E-state index contributed by atoms with van der Waals surface area (Å²) >= 11 is 11.7. The summed E-state index contributed by atoms with van der Waals surface area (Å²) in [6, 6.07) is 14.7. The van der Waals surface area contributed by atoms with Crippen LogP contribution >= 0.6 is 23.2 Å². The van der Waals surface area contributed by atoms with Gasteiger partial charge in [0.25, 0.3) is 5.91 Å². The predicted octanol–water partition coefficient (Wildman–Crippen LogP) is 3.99. The third kappa shape index (κ3) is 3.30. The van der Waals surface area contributed by atoms with Crippen LogP contribution in [-0.2, 0) is 0 Å². The van der Waals surface area contributed by atoms with E-state index in [2.05, 4.69) is 5.32 Å². The maximum absolute atomic E-state index is 12.1. The number of nitriles is 1. The lowest BCUT2D eigenvalue weighted by atomic mass is 10.1. The molecule has 0 aromatic heterocycles. The molecule has 0 saturated carbocycles. The fraction of sp³-hybridized carbons (Fsp3) is 0.0667. The summed E-state index contributed by atoms with van der Waals surface area (Å²) in [5.74, 6) is -0.392. The summed E-state index contributed by atoms with van der Waals surface area (Å²) in [6.45, 7) is 0. The lowest BCUT2D eigenvalue weighted by molar-refractivity contribution is 0.0945. The third-order valence-corrected chi connectivity index (χ3v) is 3.31. The normalized spacial score (nSPS) is 11.4. The van der Waals surface area contributed by atoms with E-state index in [-0.39, 0.29) is 0 Å². The van der Waals surface area contributed by atoms with Crippen LogP contribution in [0.2, 0.25) is 10.0 Å². The molecule has 0 heterocycles. The molecule has 1 amide bonds. The molecule has 5 heteroatoms. The lowest BCUT2D eigenvalue weighted by Crippen LogP contribution is -2.27. The molecule has 0 radical (unpaired) electrons. The van der Waals surface area contributed by atoms with Gasteiger partial charge in [-0.2, -0.15) is 5.26 Å². The molecule has 0 bridgehead atoms. The van der Waals surface area contributed by atoms with Crippen LogP contribution in [0.3, 0.4) is 0 Å². The minimum absolute atomic E-state index is 0.336. The van der Waals surface area contributed by atoms with Crippen molar-refractivity contribution >= 4 is 29.1 Å². The standard InChI is InChI=1S/C15H10Cl2N2O/c16-11-7-5-10(6-8-11)14(9-18)19-15(20)12-3-1-2-4-13(12)17/h1-8,14H,(H,19,20)/t14-/m0/s1. The van der Waals surface area contributed by atoms with Gasteiger partial charge < -0.3 is 5.32 Å². The van der Waals surface area contributed by atoms with Gasteiger partial charge in [0.05, 0.1) is 16.7 Å². The highest BCUT2D eigenvalue weighted by Gasteiger charge is 2.16. The summed E-state index contributed by atoms with van der Waals surface area (Å²) in [5.41, 5.74) is 1.00. The number of hydrogen-bond acceptors (Lipinski definition) is 2. The average molecular weight is 305 g/mol. The zero-order chi connectivity index (χ0) is 14.5. The second kappa shape index (κ2) is 6.42. The number of nitrogens with one attached hydrogen (secondary N) is 1. The number of rotatable bonds is 3. The van der Waals surface area contributed by atoms with Gasteiger partial charge in [-0.15, -0.1) is 0 Å². The van der Waals surface area contributed by atoms with E-state index < -0.39 is 11.9 Å². The monoisotopic (exact) mass is 304 g/mol. The molecule has 2 aromatic rings. The summed E-state index contributed by atoms with van der Waals surface area (Å²) in [6.07, 6.45) is 0. The molecule has 3 nitrogen and oxygen atoms in total. The fourth-order valence-electron chi connectivity index (χ4n) is 1.70. The molecule has 20 heavy (non-hydrogen) atoms. The first-order valence-corrected chi connectivity index (χ1v) is 6.58. The van der Waals surface area contributed by atoms with Crippen molar-refractivity contribution in [2.24, 2.45) is 0 Å².